The van der Waals surface area contributed by atoms with Gasteiger partial charge in [-0.05, 0) is 49.6 Å². The van der Waals surface area contributed by atoms with Crippen molar-refractivity contribution in [2.24, 2.45) is 4.99 Å². The molecule has 0 atom stereocenters. The number of nitrogens with one attached hydrogen (secondary N) is 2. The molecule has 28 heavy (non-hydrogen) atoms. The summed E-state index contributed by atoms with van der Waals surface area (Å²) in [6, 6.07) is 16.5. The first kappa shape index (κ1) is 21.8. The van der Waals surface area contributed by atoms with Crippen LogP contribution >= 0.6 is 0 Å². The fraction of sp³-hybridized carbons (Fsp3) is 0.381. The molecule has 2 aromatic carbocycles. The first-order valence-corrected chi connectivity index (χ1v) is 11.1. The Bertz CT molecular complexity index is 835. The number of sulfone groups is 1. The highest BCUT2D eigenvalue weighted by molar-refractivity contribution is 7.91. The molecule has 0 aliphatic carbocycles. The van der Waals surface area contributed by atoms with Crippen molar-refractivity contribution in [3.63, 3.8) is 0 Å². The van der Waals surface area contributed by atoms with E-state index in [1.54, 1.807) is 31.4 Å². The zero-order valence-electron chi connectivity index (χ0n) is 16.5. The summed E-state index contributed by atoms with van der Waals surface area (Å²) in [5, 5.41) is 6.47. The number of methoxy groups -OCH3 is 1. The summed E-state index contributed by atoms with van der Waals surface area (Å²) in [6.45, 7) is 3.93. The summed E-state index contributed by atoms with van der Waals surface area (Å²) in [5.41, 5.74) is 1.21. The second-order valence-electron chi connectivity index (χ2n) is 6.27. The van der Waals surface area contributed by atoms with E-state index < -0.39 is 9.84 Å². The number of guanidine groups is 1. The molecule has 0 bridgehead atoms. The van der Waals surface area contributed by atoms with Crippen molar-refractivity contribution in [1.82, 2.24) is 10.6 Å². The molecular weight excluding hydrogens is 374 g/mol. The minimum absolute atomic E-state index is 0.0891. The van der Waals surface area contributed by atoms with Crippen LogP contribution in [-0.2, 0) is 16.3 Å². The summed E-state index contributed by atoms with van der Waals surface area (Å²) in [6.07, 6.45) is 1.34. The number of rotatable bonds is 10. The summed E-state index contributed by atoms with van der Waals surface area (Å²) in [4.78, 5) is 4.84. The second-order valence-corrected chi connectivity index (χ2v) is 8.38. The predicted octanol–water partition coefficient (Wildman–Crippen LogP) is 2.66. The molecular formula is C21H29N3O3S. The number of aliphatic imine (C=N–C) groups is 1. The standard InChI is InChI=1S/C21H29N3O3S/c1-3-22-21(24-16-14-18-10-12-19(27-2)13-11-18)23-15-7-17-28(25,26)20-8-5-4-6-9-20/h4-6,8-13H,3,7,14-17H2,1-2H3,(H2,22,23,24). The fourth-order valence-corrected chi connectivity index (χ4v) is 3.97. The predicted molar refractivity (Wildman–Crippen MR) is 114 cm³/mol. The Morgan fingerprint density at radius 3 is 2.39 bits per heavy atom. The van der Waals surface area contributed by atoms with Crippen LogP contribution in [0, 0.1) is 0 Å². The highest BCUT2D eigenvalue weighted by Crippen LogP contribution is 2.12. The van der Waals surface area contributed by atoms with Gasteiger partial charge in [-0.2, -0.15) is 0 Å². The summed E-state index contributed by atoms with van der Waals surface area (Å²) >= 11 is 0. The minimum Gasteiger partial charge on any atom is -0.497 e. The maximum absolute atomic E-state index is 12.3. The van der Waals surface area contributed by atoms with E-state index in [1.165, 1.54) is 5.56 Å². The fourth-order valence-electron chi connectivity index (χ4n) is 2.65. The first-order valence-electron chi connectivity index (χ1n) is 9.48. The summed E-state index contributed by atoms with van der Waals surface area (Å²) in [5.74, 6) is 1.64. The molecule has 0 amide bonds. The lowest BCUT2D eigenvalue weighted by molar-refractivity contribution is 0.414. The van der Waals surface area contributed by atoms with Gasteiger partial charge in [0, 0.05) is 19.6 Å². The second kappa shape index (κ2) is 11.3. The first-order chi connectivity index (χ1) is 13.5. The largest absolute Gasteiger partial charge is 0.497 e. The van der Waals surface area contributed by atoms with Crippen LogP contribution in [0.1, 0.15) is 18.9 Å². The smallest absolute Gasteiger partial charge is 0.191 e. The number of nitrogens with zero attached hydrogens (tertiary/aromatic N) is 1. The van der Waals surface area contributed by atoms with E-state index in [9.17, 15) is 8.42 Å². The van der Waals surface area contributed by atoms with Crippen LogP contribution in [0.2, 0.25) is 0 Å². The quantitative estimate of drug-likeness (QED) is 0.362. The molecule has 0 saturated heterocycles. The van der Waals surface area contributed by atoms with Crippen molar-refractivity contribution >= 4 is 15.8 Å². The topological polar surface area (TPSA) is 79.8 Å². The van der Waals surface area contributed by atoms with Gasteiger partial charge in [0.15, 0.2) is 15.8 Å². The molecule has 0 spiro atoms. The Kier molecular flexibility index (Phi) is 8.81. The average Bonchev–Trinajstić information content (AvgIpc) is 2.72. The van der Waals surface area contributed by atoms with Crippen molar-refractivity contribution < 1.29 is 13.2 Å². The van der Waals surface area contributed by atoms with Crippen LogP contribution < -0.4 is 15.4 Å². The maximum atomic E-state index is 12.3. The number of ether oxygens (including phenoxy) is 1. The third-order valence-corrected chi connectivity index (χ3v) is 5.97. The lowest BCUT2D eigenvalue weighted by Crippen LogP contribution is -2.38. The molecule has 152 valence electrons. The molecule has 2 aromatic rings. The van der Waals surface area contributed by atoms with Crippen LogP contribution in [0.25, 0.3) is 0 Å². The van der Waals surface area contributed by atoms with Gasteiger partial charge < -0.3 is 15.4 Å². The molecule has 2 N–H and O–H groups in total. The SMILES string of the molecule is CCNC(=NCCCS(=O)(=O)c1ccccc1)NCCc1ccc(OC)cc1. The molecule has 0 fully saturated rings. The molecule has 0 aliphatic rings. The Labute approximate surface area is 168 Å². The monoisotopic (exact) mass is 403 g/mol. The van der Waals surface area contributed by atoms with E-state index >= 15 is 0 Å². The maximum Gasteiger partial charge on any atom is 0.191 e. The Hall–Kier alpha value is -2.54. The Morgan fingerprint density at radius 2 is 1.75 bits per heavy atom. The van der Waals surface area contributed by atoms with Gasteiger partial charge in [0.25, 0.3) is 0 Å². The van der Waals surface area contributed by atoms with Gasteiger partial charge in [0.1, 0.15) is 5.75 Å². The van der Waals surface area contributed by atoms with Crippen LogP contribution in [0.15, 0.2) is 64.5 Å². The van der Waals surface area contributed by atoms with Gasteiger partial charge in [0.2, 0.25) is 0 Å². The van der Waals surface area contributed by atoms with E-state index in [1.807, 2.05) is 37.3 Å². The molecule has 0 aliphatic heterocycles. The number of hydrogen-bond acceptors (Lipinski definition) is 4. The van der Waals surface area contributed by atoms with Crippen LogP contribution in [0.4, 0.5) is 0 Å². The lowest BCUT2D eigenvalue weighted by atomic mass is 10.1. The minimum atomic E-state index is -3.25. The van der Waals surface area contributed by atoms with E-state index in [0.29, 0.717) is 23.8 Å². The normalized spacial score (nSPS) is 11.9. The third kappa shape index (κ3) is 7.23. The molecule has 0 aromatic heterocycles. The van der Waals surface area contributed by atoms with E-state index in [2.05, 4.69) is 15.6 Å². The van der Waals surface area contributed by atoms with Crippen molar-refractivity contribution in [2.75, 3.05) is 32.5 Å². The average molecular weight is 404 g/mol. The zero-order chi connectivity index (χ0) is 20.2. The Morgan fingerprint density at radius 1 is 1.04 bits per heavy atom. The summed E-state index contributed by atoms with van der Waals surface area (Å²) < 4.78 is 29.7. The van der Waals surface area contributed by atoms with Crippen LogP contribution in [0.5, 0.6) is 5.75 Å². The van der Waals surface area contributed by atoms with Gasteiger partial charge >= 0.3 is 0 Å². The van der Waals surface area contributed by atoms with Crippen molar-refractivity contribution in [3.8, 4) is 5.75 Å². The van der Waals surface area contributed by atoms with Crippen molar-refractivity contribution in [1.29, 1.82) is 0 Å². The number of benzene rings is 2. The third-order valence-electron chi connectivity index (χ3n) is 4.15. The molecule has 0 radical (unpaired) electrons. The highest BCUT2D eigenvalue weighted by Gasteiger charge is 2.12. The Balaban J connectivity index is 1.79. The van der Waals surface area contributed by atoms with Gasteiger partial charge in [-0.25, -0.2) is 8.42 Å². The van der Waals surface area contributed by atoms with E-state index in [-0.39, 0.29) is 5.75 Å². The molecule has 0 heterocycles. The highest BCUT2D eigenvalue weighted by atomic mass is 32.2. The van der Waals surface area contributed by atoms with Crippen molar-refractivity contribution in [3.05, 3.63) is 60.2 Å². The van der Waals surface area contributed by atoms with Gasteiger partial charge in [-0.1, -0.05) is 30.3 Å². The zero-order valence-corrected chi connectivity index (χ0v) is 17.3. The number of hydrogen-bond donors (Lipinski definition) is 2. The molecule has 2 rings (SSSR count). The van der Waals surface area contributed by atoms with Crippen molar-refractivity contribution in [2.45, 2.75) is 24.7 Å². The lowest BCUT2D eigenvalue weighted by Gasteiger charge is -2.11. The molecule has 0 saturated carbocycles. The van der Waals surface area contributed by atoms with Crippen LogP contribution in [0.3, 0.4) is 0 Å². The van der Waals surface area contributed by atoms with Gasteiger partial charge in [-0.3, -0.25) is 4.99 Å². The van der Waals surface area contributed by atoms with E-state index in [0.717, 1.165) is 25.3 Å². The van der Waals surface area contributed by atoms with Gasteiger partial charge in [0.05, 0.1) is 17.8 Å². The van der Waals surface area contributed by atoms with E-state index in [4.69, 9.17) is 4.74 Å². The molecule has 0 unspecified atom stereocenters. The summed E-state index contributed by atoms with van der Waals surface area (Å²) in [7, 11) is -1.60. The van der Waals surface area contributed by atoms with Gasteiger partial charge in [-0.15, -0.1) is 0 Å². The molecule has 6 nitrogen and oxygen atoms in total. The molecule has 7 heteroatoms. The van der Waals surface area contributed by atoms with Crippen LogP contribution in [-0.4, -0.2) is 46.9 Å².